The molecule has 0 aromatic heterocycles. The normalized spacial score (nSPS) is 19.2. The summed E-state index contributed by atoms with van der Waals surface area (Å²) in [7, 11) is 1.64. The maximum atomic E-state index is 12.2. The predicted octanol–water partition coefficient (Wildman–Crippen LogP) is 1.27. The first-order chi connectivity index (χ1) is 9.70. The van der Waals surface area contributed by atoms with Crippen LogP contribution in [0.1, 0.15) is 24.0 Å². The number of benzene rings is 1. The fourth-order valence-electron chi connectivity index (χ4n) is 2.74. The molecule has 0 spiro atoms. The largest absolute Gasteiger partial charge is 0.383 e. The van der Waals surface area contributed by atoms with Crippen molar-refractivity contribution in [2.75, 3.05) is 20.3 Å². The molecule has 1 aromatic carbocycles. The molecule has 0 radical (unpaired) electrons. The van der Waals surface area contributed by atoms with E-state index < -0.39 is 0 Å². The van der Waals surface area contributed by atoms with Gasteiger partial charge < -0.3 is 15.8 Å². The molecule has 0 heterocycles. The number of carbonyl (C=O) groups excluding carboxylic acids is 1. The minimum absolute atomic E-state index is 0.00705. The average Bonchev–Trinajstić information content (AvgIpc) is 2.47. The van der Waals surface area contributed by atoms with Gasteiger partial charge in [0.2, 0.25) is 5.91 Å². The van der Waals surface area contributed by atoms with E-state index in [1.165, 1.54) is 11.1 Å². The molecule has 20 heavy (non-hydrogen) atoms. The Kier molecular flexibility index (Phi) is 5.56. The molecule has 4 heteroatoms. The summed E-state index contributed by atoms with van der Waals surface area (Å²) in [4.78, 5) is 12.2. The second-order valence-electron chi connectivity index (χ2n) is 5.50. The molecule has 0 bridgehead atoms. The van der Waals surface area contributed by atoms with Gasteiger partial charge in [-0.25, -0.2) is 0 Å². The Balaban J connectivity index is 1.77. The molecule has 110 valence electrons. The number of carbonyl (C=O) groups is 1. The molecule has 1 amide bonds. The minimum atomic E-state index is -0.00705. The van der Waals surface area contributed by atoms with E-state index in [2.05, 4.69) is 23.5 Å². The fraction of sp³-hybridized carbons (Fsp3) is 0.562. The van der Waals surface area contributed by atoms with E-state index in [-0.39, 0.29) is 17.9 Å². The number of hydrogen-bond donors (Lipinski definition) is 2. The first-order valence-electron chi connectivity index (χ1n) is 7.29. The van der Waals surface area contributed by atoms with Crippen LogP contribution in [0.4, 0.5) is 0 Å². The number of hydrogen-bond acceptors (Lipinski definition) is 3. The van der Waals surface area contributed by atoms with Crippen LogP contribution in [-0.2, 0) is 22.4 Å². The van der Waals surface area contributed by atoms with Crippen molar-refractivity contribution in [2.24, 2.45) is 11.7 Å². The highest BCUT2D eigenvalue weighted by Crippen LogP contribution is 2.25. The van der Waals surface area contributed by atoms with E-state index in [0.29, 0.717) is 13.2 Å². The van der Waals surface area contributed by atoms with E-state index >= 15 is 0 Å². The molecule has 2 unspecified atom stereocenters. The van der Waals surface area contributed by atoms with Crippen LogP contribution in [0.25, 0.3) is 0 Å². The first kappa shape index (κ1) is 15.0. The van der Waals surface area contributed by atoms with Crippen molar-refractivity contribution in [1.29, 1.82) is 0 Å². The van der Waals surface area contributed by atoms with Crippen LogP contribution in [0.3, 0.4) is 0 Å². The van der Waals surface area contributed by atoms with Gasteiger partial charge in [-0.2, -0.15) is 0 Å². The standard InChI is InChI=1S/C16H24N2O2/c1-20-11-15(17)8-9-18-16(19)14-7-6-12-4-2-3-5-13(12)10-14/h2-5,14-15H,6-11,17H2,1H3,(H,18,19). The molecule has 0 saturated carbocycles. The Morgan fingerprint density at radius 1 is 1.45 bits per heavy atom. The Morgan fingerprint density at radius 3 is 2.95 bits per heavy atom. The number of rotatable bonds is 6. The van der Waals surface area contributed by atoms with Crippen LogP contribution in [0.5, 0.6) is 0 Å². The lowest BCUT2D eigenvalue weighted by molar-refractivity contribution is -0.125. The zero-order valence-corrected chi connectivity index (χ0v) is 12.1. The lowest BCUT2D eigenvalue weighted by Gasteiger charge is -2.24. The van der Waals surface area contributed by atoms with Crippen molar-refractivity contribution in [3.8, 4) is 0 Å². The second-order valence-corrected chi connectivity index (χ2v) is 5.50. The van der Waals surface area contributed by atoms with Gasteiger partial charge in [-0.05, 0) is 36.8 Å². The number of methoxy groups -OCH3 is 1. The van der Waals surface area contributed by atoms with Gasteiger partial charge in [0, 0.05) is 25.6 Å². The zero-order valence-electron chi connectivity index (χ0n) is 12.1. The fourth-order valence-corrected chi connectivity index (χ4v) is 2.74. The van der Waals surface area contributed by atoms with Crippen LogP contribution < -0.4 is 11.1 Å². The van der Waals surface area contributed by atoms with Crippen molar-refractivity contribution in [1.82, 2.24) is 5.32 Å². The molecule has 2 rings (SSSR count). The van der Waals surface area contributed by atoms with Gasteiger partial charge in [0.05, 0.1) is 6.61 Å². The lowest BCUT2D eigenvalue weighted by Crippen LogP contribution is -2.37. The minimum Gasteiger partial charge on any atom is -0.383 e. The number of aryl methyl sites for hydroxylation is 1. The van der Waals surface area contributed by atoms with Gasteiger partial charge in [0.25, 0.3) is 0 Å². The summed E-state index contributed by atoms with van der Waals surface area (Å²) in [5.41, 5.74) is 8.54. The molecule has 4 nitrogen and oxygen atoms in total. The molecular weight excluding hydrogens is 252 g/mol. The van der Waals surface area contributed by atoms with Crippen molar-refractivity contribution < 1.29 is 9.53 Å². The highest BCUT2D eigenvalue weighted by molar-refractivity contribution is 5.79. The van der Waals surface area contributed by atoms with E-state index in [9.17, 15) is 4.79 Å². The summed E-state index contributed by atoms with van der Waals surface area (Å²) in [6, 6.07) is 8.39. The molecule has 0 aliphatic heterocycles. The third-order valence-electron chi connectivity index (χ3n) is 3.91. The highest BCUT2D eigenvalue weighted by Gasteiger charge is 2.24. The summed E-state index contributed by atoms with van der Waals surface area (Å²) in [6.07, 6.45) is 3.54. The van der Waals surface area contributed by atoms with Gasteiger partial charge in [-0.15, -0.1) is 0 Å². The number of fused-ring (bicyclic) bond motifs is 1. The molecule has 3 N–H and O–H groups in total. The van der Waals surface area contributed by atoms with Gasteiger partial charge in [-0.3, -0.25) is 4.79 Å². The van der Waals surface area contributed by atoms with E-state index in [0.717, 1.165) is 25.7 Å². The van der Waals surface area contributed by atoms with Crippen LogP contribution in [0.15, 0.2) is 24.3 Å². The van der Waals surface area contributed by atoms with E-state index in [4.69, 9.17) is 10.5 Å². The SMILES string of the molecule is COCC(N)CCNC(=O)C1CCc2ccccc2C1. The van der Waals surface area contributed by atoms with Crippen LogP contribution in [0.2, 0.25) is 0 Å². The molecule has 1 aromatic rings. The van der Waals surface area contributed by atoms with Crippen LogP contribution >= 0.6 is 0 Å². The van der Waals surface area contributed by atoms with Gasteiger partial charge >= 0.3 is 0 Å². The molecular formula is C16H24N2O2. The van der Waals surface area contributed by atoms with Gasteiger partial charge in [0.15, 0.2) is 0 Å². The van der Waals surface area contributed by atoms with Crippen molar-refractivity contribution in [2.45, 2.75) is 31.7 Å². The molecule has 2 atom stereocenters. The van der Waals surface area contributed by atoms with Crippen molar-refractivity contribution in [3.05, 3.63) is 35.4 Å². The topological polar surface area (TPSA) is 64.3 Å². The Hall–Kier alpha value is -1.39. The Bertz CT molecular complexity index is 448. The molecule has 1 aliphatic carbocycles. The third-order valence-corrected chi connectivity index (χ3v) is 3.91. The maximum Gasteiger partial charge on any atom is 0.223 e. The molecule has 0 saturated heterocycles. The maximum absolute atomic E-state index is 12.2. The summed E-state index contributed by atoms with van der Waals surface area (Å²) in [5, 5.41) is 3.00. The van der Waals surface area contributed by atoms with E-state index in [1.54, 1.807) is 7.11 Å². The first-order valence-corrected chi connectivity index (χ1v) is 7.29. The number of ether oxygens (including phenoxy) is 1. The number of nitrogens with one attached hydrogen (secondary N) is 1. The van der Waals surface area contributed by atoms with Crippen molar-refractivity contribution in [3.63, 3.8) is 0 Å². The third kappa shape index (κ3) is 4.05. The monoisotopic (exact) mass is 276 g/mol. The highest BCUT2D eigenvalue weighted by atomic mass is 16.5. The Labute approximate surface area is 120 Å². The summed E-state index contributed by atoms with van der Waals surface area (Å²) in [5.74, 6) is 0.257. The summed E-state index contributed by atoms with van der Waals surface area (Å²) in [6.45, 7) is 1.16. The zero-order chi connectivity index (χ0) is 14.4. The summed E-state index contributed by atoms with van der Waals surface area (Å²) < 4.78 is 4.98. The van der Waals surface area contributed by atoms with Crippen LogP contribution in [0, 0.1) is 5.92 Å². The quantitative estimate of drug-likeness (QED) is 0.822. The van der Waals surface area contributed by atoms with E-state index in [1.807, 2.05) is 6.07 Å². The predicted molar refractivity (Wildman–Crippen MR) is 79.4 cm³/mol. The smallest absolute Gasteiger partial charge is 0.223 e. The van der Waals surface area contributed by atoms with Crippen molar-refractivity contribution >= 4 is 5.91 Å². The number of nitrogens with two attached hydrogens (primary N) is 1. The average molecular weight is 276 g/mol. The molecule has 1 aliphatic rings. The van der Waals surface area contributed by atoms with Gasteiger partial charge in [-0.1, -0.05) is 24.3 Å². The van der Waals surface area contributed by atoms with Crippen LogP contribution in [-0.4, -0.2) is 32.2 Å². The molecule has 0 fully saturated rings. The summed E-state index contributed by atoms with van der Waals surface area (Å²) >= 11 is 0. The number of amides is 1. The Morgan fingerprint density at radius 2 is 2.20 bits per heavy atom. The second kappa shape index (κ2) is 7.41. The van der Waals surface area contributed by atoms with Gasteiger partial charge in [0.1, 0.15) is 0 Å². The lowest BCUT2D eigenvalue weighted by atomic mass is 9.83.